The maximum atomic E-state index is 5.22. The number of hydrogen-bond donors (Lipinski definition) is 1. The van der Waals surface area contributed by atoms with Crippen LogP contribution >= 0.6 is 0 Å². The zero-order chi connectivity index (χ0) is 43.1. The Morgan fingerprint density at radius 1 is 0.429 bits per heavy atom. The summed E-state index contributed by atoms with van der Waals surface area (Å²) < 4.78 is 2.57. The summed E-state index contributed by atoms with van der Waals surface area (Å²) in [6.07, 6.45) is 13.5. The standard InChI is InChI=1S/C36H46N4.C22H14.Pt/c1-9-22-19-25-20-23-17-18-24(37-23)21-32-26(10-2)29(13-5)36(40(32)16-8)31(15-7)35-28(12-4)27(11-3)34(39-35)30(14-6)33(22)38-25;1-2-6-16-10-20-14-22-12-18-8-4-3-7-17(18)11-21(22)13-19(20)9-15(16)5-1;/h17-21,39H,9-16H2,1-8H3;1-14H;. The second-order valence-corrected chi connectivity index (χ2v) is 16.8. The Morgan fingerprint density at radius 2 is 0.873 bits per heavy atom. The molecule has 10 rings (SSSR count). The largest absolute Gasteiger partial charge is 0.354 e. The summed E-state index contributed by atoms with van der Waals surface area (Å²) in [5, 5.41) is 10.4. The van der Waals surface area contributed by atoms with E-state index in [1.54, 1.807) is 0 Å². The van der Waals surface area contributed by atoms with Gasteiger partial charge >= 0.3 is 0 Å². The Kier molecular flexibility index (Phi) is 13.0. The minimum Gasteiger partial charge on any atom is -0.354 e. The van der Waals surface area contributed by atoms with Crippen molar-refractivity contribution in [2.45, 2.75) is 107 Å². The van der Waals surface area contributed by atoms with Crippen LogP contribution in [-0.4, -0.2) is 19.5 Å². The van der Waals surface area contributed by atoms with Gasteiger partial charge in [-0.3, -0.25) is 0 Å². The molecule has 5 aromatic carbocycles. The molecule has 5 heterocycles. The summed E-state index contributed by atoms with van der Waals surface area (Å²) in [6, 6.07) is 35.4. The maximum absolute atomic E-state index is 5.22. The second kappa shape index (κ2) is 18.6. The second-order valence-electron chi connectivity index (χ2n) is 16.8. The monoisotopic (exact) mass is 1010 g/mol. The summed E-state index contributed by atoms with van der Waals surface area (Å²) >= 11 is 0. The molecule has 8 bridgehead atoms. The molecule has 0 spiro atoms. The van der Waals surface area contributed by atoms with E-state index in [1.165, 1.54) is 104 Å². The van der Waals surface area contributed by atoms with Gasteiger partial charge in [0, 0.05) is 55.2 Å². The van der Waals surface area contributed by atoms with Gasteiger partial charge in [-0.2, -0.15) is 0 Å². The molecule has 322 valence electrons. The molecule has 0 saturated heterocycles. The van der Waals surface area contributed by atoms with Gasteiger partial charge in [0.1, 0.15) is 0 Å². The van der Waals surface area contributed by atoms with Crippen LogP contribution in [0.4, 0.5) is 0 Å². The zero-order valence-corrected chi connectivity index (χ0v) is 40.6. The van der Waals surface area contributed by atoms with Gasteiger partial charge in [-0.25, -0.2) is 9.97 Å². The molecular formula is C58H60N4Pt. The number of rotatable bonds is 8. The van der Waals surface area contributed by atoms with Gasteiger partial charge in [0.05, 0.1) is 22.8 Å². The molecule has 0 amide bonds. The van der Waals surface area contributed by atoms with Crippen LogP contribution in [0.5, 0.6) is 0 Å². The Morgan fingerprint density at radius 3 is 1.32 bits per heavy atom. The van der Waals surface area contributed by atoms with E-state index in [2.05, 4.69) is 180 Å². The number of allylic oxidation sites excluding steroid dienone is 1. The van der Waals surface area contributed by atoms with Gasteiger partial charge in [0.25, 0.3) is 0 Å². The van der Waals surface area contributed by atoms with Gasteiger partial charge in [-0.05, 0) is 195 Å². The molecule has 4 nitrogen and oxygen atoms in total. The predicted octanol–water partition coefficient (Wildman–Crippen LogP) is 15.6. The molecule has 0 fully saturated rings. The van der Waals surface area contributed by atoms with Gasteiger partial charge < -0.3 is 9.55 Å². The Bertz CT molecular complexity index is 3100. The van der Waals surface area contributed by atoms with E-state index in [9.17, 15) is 0 Å². The van der Waals surface area contributed by atoms with Gasteiger partial charge in [0.15, 0.2) is 0 Å². The van der Waals surface area contributed by atoms with Crippen molar-refractivity contribution in [3.8, 4) is 0 Å². The minimum atomic E-state index is 0. The van der Waals surface area contributed by atoms with Crippen LogP contribution in [0.2, 0.25) is 0 Å². The van der Waals surface area contributed by atoms with Gasteiger partial charge in [-0.15, -0.1) is 0 Å². The molecule has 1 N–H and O–H groups in total. The predicted molar refractivity (Wildman–Crippen MR) is 270 cm³/mol. The molecule has 0 unspecified atom stereocenters. The molecule has 63 heavy (non-hydrogen) atoms. The topological polar surface area (TPSA) is 46.5 Å². The molecule has 5 heteroatoms. The fourth-order valence-electron chi connectivity index (χ4n) is 10.5. The van der Waals surface area contributed by atoms with Crippen LogP contribution in [0.3, 0.4) is 0 Å². The third-order valence-electron chi connectivity index (χ3n) is 13.4. The molecule has 0 radical (unpaired) electrons. The maximum Gasteiger partial charge on any atom is 0.0722 e. The van der Waals surface area contributed by atoms with E-state index in [0.29, 0.717) is 0 Å². The van der Waals surface area contributed by atoms with Gasteiger partial charge in [0.2, 0.25) is 0 Å². The minimum absolute atomic E-state index is 0. The number of hydrogen-bond acceptors (Lipinski definition) is 2. The van der Waals surface area contributed by atoms with Crippen LogP contribution in [0.15, 0.2) is 97.1 Å². The fraction of sp³-hybridized carbons (Fsp3) is 0.276. The van der Waals surface area contributed by atoms with Crippen LogP contribution in [0, 0.1) is 0 Å². The first kappa shape index (κ1) is 44.1. The number of H-pyrrole nitrogens is 1. The summed E-state index contributed by atoms with van der Waals surface area (Å²) in [6.45, 7) is 19.3. The summed E-state index contributed by atoms with van der Waals surface area (Å²) in [4.78, 5) is 14.3. The van der Waals surface area contributed by atoms with E-state index in [1.807, 2.05) is 0 Å². The average Bonchev–Trinajstić information content (AvgIpc) is 4.08. The molecule has 2 aliphatic heterocycles. The Hall–Kier alpha value is -5.57. The van der Waals surface area contributed by atoms with Crippen molar-refractivity contribution in [2.24, 2.45) is 0 Å². The Balaban J connectivity index is 0.000000198. The van der Waals surface area contributed by atoms with Crippen molar-refractivity contribution in [3.05, 3.63) is 153 Å². The van der Waals surface area contributed by atoms with E-state index in [0.717, 1.165) is 74.3 Å². The van der Waals surface area contributed by atoms with Crippen LogP contribution in [0.25, 0.3) is 89.0 Å². The van der Waals surface area contributed by atoms with E-state index in [4.69, 9.17) is 9.97 Å². The van der Waals surface area contributed by atoms with Crippen molar-refractivity contribution in [3.63, 3.8) is 0 Å². The number of nitrogens with zero attached hydrogens (tertiary/aromatic N) is 3. The van der Waals surface area contributed by atoms with Crippen LogP contribution in [0.1, 0.15) is 118 Å². The smallest absolute Gasteiger partial charge is 0.0722 e. The molecule has 0 saturated carbocycles. The van der Waals surface area contributed by atoms with Gasteiger partial charge in [-0.1, -0.05) is 97.0 Å². The first-order valence-corrected chi connectivity index (χ1v) is 23.3. The number of fused-ring (bicyclic) bond motifs is 12. The van der Waals surface area contributed by atoms with Crippen LogP contribution < -0.4 is 0 Å². The molecule has 8 aromatic rings. The summed E-state index contributed by atoms with van der Waals surface area (Å²) in [5.41, 5.74) is 19.4. The Labute approximate surface area is 387 Å². The van der Waals surface area contributed by atoms with Crippen LogP contribution in [-0.2, 0) is 66.1 Å². The molecule has 3 aromatic heterocycles. The number of benzene rings is 5. The molecular weight excluding hydrogens is 948 g/mol. The fourth-order valence-corrected chi connectivity index (χ4v) is 10.5. The van der Waals surface area contributed by atoms with E-state index < -0.39 is 0 Å². The first-order chi connectivity index (χ1) is 30.3. The number of aromatic nitrogens is 4. The number of nitrogens with one attached hydrogen (secondary N) is 1. The summed E-state index contributed by atoms with van der Waals surface area (Å²) in [7, 11) is 0. The van der Waals surface area contributed by atoms with Crippen molar-refractivity contribution < 1.29 is 21.1 Å². The van der Waals surface area contributed by atoms with Crippen molar-refractivity contribution in [1.82, 2.24) is 19.5 Å². The third-order valence-corrected chi connectivity index (χ3v) is 13.4. The third kappa shape index (κ3) is 7.90. The molecule has 2 aliphatic rings. The molecule has 0 atom stereocenters. The van der Waals surface area contributed by atoms with Crippen molar-refractivity contribution in [2.75, 3.05) is 0 Å². The first-order valence-electron chi connectivity index (χ1n) is 23.3. The van der Waals surface area contributed by atoms with Crippen molar-refractivity contribution >= 4 is 89.0 Å². The zero-order valence-electron chi connectivity index (χ0n) is 38.3. The van der Waals surface area contributed by atoms with Crippen molar-refractivity contribution in [1.29, 1.82) is 0 Å². The van der Waals surface area contributed by atoms with E-state index in [-0.39, 0.29) is 21.1 Å². The normalized spacial score (nSPS) is 12.2. The molecule has 0 aliphatic carbocycles. The van der Waals surface area contributed by atoms with E-state index >= 15 is 0 Å². The number of aryl methyl sites for hydroxylation is 7. The summed E-state index contributed by atoms with van der Waals surface area (Å²) in [5.74, 6) is 0. The quantitative estimate of drug-likeness (QED) is 0.154. The number of aromatic amines is 1. The average molecular weight is 1010 g/mol. The SMILES string of the molecule is CCC1=Cc2cc3nc(cc4c(CC)c(CC)c(c(CC)c5[nH]c(c(CC)c1n2)c(CC)c5CC)n4CC)C=C3.[Pt].c1ccc2cc3cc4cc5ccccc5cc4cc3cc2c1.